The van der Waals surface area contributed by atoms with Crippen molar-refractivity contribution >= 4 is 17.7 Å². The maximum atomic E-state index is 11.7. The molecule has 1 rings (SSSR count). The van der Waals surface area contributed by atoms with E-state index in [1.807, 2.05) is 0 Å². The van der Waals surface area contributed by atoms with E-state index < -0.39 is 22.8 Å². The molecule has 1 aromatic heterocycles. The van der Waals surface area contributed by atoms with E-state index >= 15 is 0 Å². The van der Waals surface area contributed by atoms with Crippen LogP contribution in [0.25, 0.3) is 0 Å². The lowest BCUT2D eigenvalue weighted by Gasteiger charge is -2.10. The number of hydrogen-bond donors (Lipinski definition) is 1. The highest BCUT2D eigenvalue weighted by molar-refractivity contribution is 5.84. The fourth-order valence-corrected chi connectivity index (χ4v) is 1.44. The smallest absolute Gasteiger partial charge is 0.390 e. The van der Waals surface area contributed by atoms with Crippen molar-refractivity contribution in [1.29, 1.82) is 0 Å². The largest absolute Gasteiger partial charge is 0.468 e. The van der Waals surface area contributed by atoms with Gasteiger partial charge in [0.1, 0.15) is 12.6 Å². The number of carbonyl (C=O) groups is 2. The number of esters is 1. The number of nitrogens with one attached hydrogen (secondary N) is 1. The molecule has 1 aromatic rings. The molecular weight excluding hydrogens is 256 g/mol. The van der Waals surface area contributed by atoms with Crippen molar-refractivity contribution in [3.8, 4) is 0 Å². The van der Waals surface area contributed by atoms with E-state index in [0.29, 0.717) is 5.69 Å². The highest BCUT2D eigenvalue weighted by Gasteiger charge is 2.24. The third-order valence-corrected chi connectivity index (χ3v) is 2.48. The van der Waals surface area contributed by atoms with E-state index in [1.165, 1.54) is 24.8 Å². The standard InChI is InChI=1S/C10H14N4O5/c1-6-4-8(14(17)18)12-13(6)7(2)10(16)11-5-9(15)19-3/h4,7H,5H2,1-3H3,(H,11,16). The molecule has 0 aliphatic rings. The molecule has 0 saturated heterocycles. The van der Waals surface area contributed by atoms with Gasteiger partial charge in [-0.1, -0.05) is 0 Å². The molecule has 9 heteroatoms. The maximum Gasteiger partial charge on any atom is 0.390 e. The highest BCUT2D eigenvalue weighted by atomic mass is 16.6. The summed E-state index contributed by atoms with van der Waals surface area (Å²) in [6.45, 7) is 2.86. The lowest BCUT2D eigenvalue weighted by Crippen LogP contribution is -2.35. The van der Waals surface area contributed by atoms with Crippen molar-refractivity contribution in [2.24, 2.45) is 0 Å². The average molecular weight is 270 g/mol. The Morgan fingerprint density at radius 1 is 1.63 bits per heavy atom. The van der Waals surface area contributed by atoms with Gasteiger partial charge in [-0.2, -0.15) is 4.68 Å². The summed E-state index contributed by atoms with van der Waals surface area (Å²) in [4.78, 5) is 32.6. The third-order valence-electron chi connectivity index (χ3n) is 2.48. The first-order valence-corrected chi connectivity index (χ1v) is 5.42. The summed E-state index contributed by atoms with van der Waals surface area (Å²) in [5.41, 5.74) is 0.479. The molecule has 0 aliphatic carbocycles. The van der Waals surface area contributed by atoms with Gasteiger partial charge >= 0.3 is 11.8 Å². The molecule has 19 heavy (non-hydrogen) atoms. The molecule has 1 heterocycles. The van der Waals surface area contributed by atoms with Gasteiger partial charge in [0.15, 0.2) is 0 Å². The van der Waals surface area contributed by atoms with Gasteiger partial charge in [0.05, 0.1) is 24.0 Å². The minimum absolute atomic E-state index is 0.262. The lowest BCUT2D eigenvalue weighted by atomic mass is 10.3. The Labute approximate surface area is 108 Å². The maximum absolute atomic E-state index is 11.7. The number of carbonyl (C=O) groups excluding carboxylic acids is 2. The molecule has 104 valence electrons. The van der Waals surface area contributed by atoms with Crippen molar-refractivity contribution in [3.63, 3.8) is 0 Å². The van der Waals surface area contributed by atoms with Crippen LogP contribution in [-0.2, 0) is 14.3 Å². The number of aromatic nitrogens is 2. The summed E-state index contributed by atoms with van der Waals surface area (Å²) in [7, 11) is 1.21. The normalized spacial score (nSPS) is 11.7. The van der Waals surface area contributed by atoms with E-state index in [2.05, 4.69) is 15.2 Å². The van der Waals surface area contributed by atoms with Crippen LogP contribution in [0.15, 0.2) is 6.07 Å². The van der Waals surface area contributed by atoms with Gasteiger partial charge in [0.25, 0.3) is 0 Å². The molecule has 0 radical (unpaired) electrons. The molecule has 1 N–H and O–H groups in total. The van der Waals surface area contributed by atoms with Gasteiger partial charge in [-0.25, -0.2) is 0 Å². The van der Waals surface area contributed by atoms with Gasteiger partial charge in [-0.15, -0.1) is 0 Å². The van der Waals surface area contributed by atoms with Crippen LogP contribution >= 0.6 is 0 Å². The van der Waals surface area contributed by atoms with Crippen LogP contribution in [0, 0.1) is 17.0 Å². The Kier molecular flexibility index (Phi) is 4.56. The van der Waals surface area contributed by atoms with Crippen LogP contribution in [0.2, 0.25) is 0 Å². The van der Waals surface area contributed by atoms with Crippen LogP contribution in [0.1, 0.15) is 18.7 Å². The number of ether oxygens (including phenoxy) is 1. The van der Waals surface area contributed by atoms with Crippen molar-refractivity contribution in [2.75, 3.05) is 13.7 Å². The van der Waals surface area contributed by atoms with E-state index in [9.17, 15) is 19.7 Å². The molecule has 0 aliphatic heterocycles. The van der Waals surface area contributed by atoms with Crippen LogP contribution < -0.4 is 5.32 Å². The monoisotopic (exact) mass is 270 g/mol. The molecule has 1 atom stereocenters. The molecular formula is C10H14N4O5. The molecule has 0 aromatic carbocycles. The van der Waals surface area contributed by atoms with Gasteiger partial charge in [0, 0.05) is 0 Å². The van der Waals surface area contributed by atoms with Crippen LogP contribution in [0.3, 0.4) is 0 Å². The highest BCUT2D eigenvalue weighted by Crippen LogP contribution is 2.15. The van der Waals surface area contributed by atoms with Gasteiger partial charge in [0.2, 0.25) is 5.91 Å². The first-order chi connectivity index (χ1) is 8.86. The summed E-state index contributed by atoms with van der Waals surface area (Å²) >= 11 is 0. The molecule has 0 fully saturated rings. The van der Waals surface area contributed by atoms with Crippen LogP contribution in [-0.4, -0.2) is 40.2 Å². The number of hydrogen-bond acceptors (Lipinski definition) is 6. The van der Waals surface area contributed by atoms with Crippen molar-refractivity contribution < 1.29 is 19.2 Å². The van der Waals surface area contributed by atoms with Crippen LogP contribution in [0.5, 0.6) is 0 Å². The predicted molar refractivity (Wildman–Crippen MR) is 63.4 cm³/mol. The van der Waals surface area contributed by atoms with E-state index in [1.54, 1.807) is 6.92 Å². The summed E-state index contributed by atoms with van der Waals surface area (Å²) < 4.78 is 5.61. The zero-order valence-corrected chi connectivity index (χ0v) is 10.7. The second-order valence-electron chi connectivity index (χ2n) is 3.82. The Hall–Kier alpha value is -2.45. The summed E-state index contributed by atoms with van der Waals surface area (Å²) in [6.07, 6.45) is 0. The van der Waals surface area contributed by atoms with Crippen molar-refractivity contribution in [2.45, 2.75) is 19.9 Å². The Bertz CT molecular complexity index is 510. The molecule has 9 nitrogen and oxygen atoms in total. The minimum Gasteiger partial charge on any atom is -0.468 e. The van der Waals surface area contributed by atoms with Gasteiger partial charge in [-0.05, 0) is 18.8 Å². The van der Waals surface area contributed by atoms with Gasteiger partial charge in [-0.3, -0.25) is 9.59 Å². The molecule has 1 amide bonds. The summed E-state index contributed by atoms with van der Waals surface area (Å²) in [6, 6.07) is 0.503. The summed E-state index contributed by atoms with van der Waals surface area (Å²) in [5, 5.41) is 16.7. The van der Waals surface area contributed by atoms with E-state index in [-0.39, 0.29) is 12.4 Å². The number of nitrogens with zero attached hydrogens (tertiary/aromatic N) is 3. The average Bonchev–Trinajstić information content (AvgIpc) is 2.76. The van der Waals surface area contributed by atoms with E-state index in [0.717, 1.165) is 0 Å². The first kappa shape index (κ1) is 14.6. The number of aryl methyl sites for hydroxylation is 1. The van der Waals surface area contributed by atoms with Crippen LogP contribution in [0.4, 0.5) is 5.82 Å². The quantitative estimate of drug-likeness (QED) is 0.455. The SMILES string of the molecule is COC(=O)CNC(=O)C(C)n1nc([N+](=O)[O-])cc1C. The Morgan fingerprint density at radius 3 is 2.74 bits per heavy atom. The summed E-state index contributed by atoms with van der Waals surface area (Å²) in [5.74, 6) is -1.39. The second-order valence-corrected chi connectivity index (χ2v) is 3.82. The number of rotatable bonds is 5. The Morgan fingerprint density at radius 2 is 2.26 bits per heavy atom. The van der Waals surface area contributed by atoms with Gasteiger partial charge < -0.3 is 20.2 Å². The molecule has 0 bridgehead atoms. The fourth-order valence-electron chi connectivity index (χ4n) is 1.44. The van der Waals surface area contributed by atoms with Crippen molar-refractivity contribution in [3.05, 3.63) is 21.9 Å². The second kappa shape index (κ2) is 5.94. The minimum atomic E-state index is -0.765. The fraction of sp³-hybridized carbons (Fsp3) is 0.500. The molecule has 1 unspecified atom stereocenters. The first-order valence-electron chi connectivity index (χ1n) is 5.42. The zero-order valence-electron chi connectivity index (χ0n) is 10.7. The topological polar surface area (TPSA) is 116 Å². The predicted octanol–water partition coefficient (Wildman–Crippen LogP) is -0.0501. The number of nitro groups is 1. The van der Waals surface area contributed by atoms with E-state index in [4.69, 9.17) is 0 Å². The third kappa shape index (κ3) is 3.50. The number of methoxy groups -OCH3 is 1. The molecule has 0 saturated carbocycles. The number of amides is 1. The Balaban J connectivity index is 2.76. The zero-order chi connectivity index (χ0) is 14.6. The molecule has 0 spiro atoms. The van der Waals surface area contributed by atoms with Crippen molar-refractivity contribution in [1.82, 2.24) is 15.1 Å². The lowest BCUT2D eigenvalue weighted by molar-refractivity contribution is -0.389.